The Morgan fingerprint density at radius 2 is 2.24 bits per heavy atom. The molecule has 0 aliphatic carbocycles. The van der Waals surface area contributed by atoms with E-state index in [4.69, 9.17) is 5.11 Å². The zero-order chi connectivity index (χ0) is 12.8. The predicted molar refractivity (Wildman–Crippen MR) is 61.9 cm³/mol. The van der Waals surface area contributed by atoms with Gasteiger partial charge in [-0.3, -0.25) is 10.1 Å². The highest BCUT2D eigenvalue weighted by atomic mass is 16.6. The lowest BCUT2D eigenvalue weighted by Crippen LogP contribution is -2.31. The smallest absolute Gasteiger partial charge is 0.319 e. The van der Waals surface area contributed by atoms with Crippen molar-refractivity contribution < 1.29 is 14.8 Å². The van der Waals surface area contributed by atoms with Crippen molar-refractivity contribution >= 4 is 17.4 Å². The van der Waals surface area contributed by atoms with E-state index in [2.05, 4.69) is 10.6 Å². The van der Waals surface area contributed by atoms with Gasteiger partial charge in [0.1, 0.15) is 0 Å². The van der Waals surface area contributed by atoms with E-state index in [1.165, 1.54) is 12.1 Å². The molecule has 1 rings (SSSR count). The van der Waals surface area contributed by atoms with Crippen LogP contribution in [0, 0.1) is 17.0 Å². The van der Waals surface area contributed by atoms with Gasteiger partial charge in [-0.15, -0.1) is 0 Å². The van der Waals surface area contributed by atoms with Crippen molar-refractivity contribution in [1.29, 1.82) is 0 Å². The maximum Gasteiger partial charge on any atom is 0.319 e. The molecular weight excluding hydrogens is 226 g/mol. The Balaban J connectivity index is 2.81. The van der Waals surface area contributed by atoms with Crippen LogP contribution in [0.2, 0.25) is 0 Å². The Morgan fingerprint density at radius 1 is 1.53 bits per heavy atom. The van der Waals surface area contributed by atoms with Gasteiger partial charge in [-0.25, -0.2) is 4.79 Å². The average molecular weight is 239 g/mol. The molecule has 1 aromatic rings. The maximum atomic E-state index is 11.3. The number of carbonyl (C=O) groups is 1. The van der Waals surface area contributed by atoms with Gasteiger partial charge in [0, 0.05) is 12.6 Å². The molecule has 0 atom stereocenters. The van der Waals surface area contributed by atoms with Crippen LogP contribution in [0.1, 0.15) is 5.56 Å². The lowest BCUT2D eigenvalue weighted by atomic mass is 10.1. The molecule has 0 saturated carbocycles. The Kier molecular flexibility index (Phi) is 4.41. The second kappa shape index (κ2) is 5.80. The van der Waals surface area contributed by atoms with Crippen molar-refractivity contribution in [2.75, 3.05) is 18.5 Å². The Hall–Kier alpha value is -2.15. The van der Waals surface area contributed by atoms with Gasteiger partial charge in [0.2, 0.25) is 0 Å². The van der Waals surface area contributed by atoms with Crippen LogP contribution in [-0.2, 0) is 0 Å². The highest BCUT2D eigenvalue weighted by molar-refractivity contribution is 5.90. The van der Waals surface area contributed by atoms with Gasteiger partial charge in [-0.05, 0) is 13.0 Å². The summed E-state index contributed by atoms with van der Waals surface area (Å²) in [6.45, 7) is 1.51. The molecular formula is C10H13N3O4. The Bertz CT molecular complexity index is 434. The SMILES string of the molecule is Cc1c(NC(=O)NCCO)cccc1[N+](=O)[O-]. The molecule has 7 heteroatoms. The number of benzene rings is 1. The van der Waals surface area contributed by atoms with E-state index in [1.54, 1.807) is 13.0 Å². The molecule has 0 fully saturated rings. The zero-order valence-corrected chi connectivity index (χ0v) is 9.27. The van der Waals surface area contributed by atoms with E-state index < -0.39 is 11.0 Å². The first-order valence-electron chi connectivity index (χ1n) is 4.96. The molecule has 0 unspecified atom stereocenters. The normalized spacial score (nSPS) is 9.76. The summed E-state index contributed by atoms with van der Waals surface area (Å²) in [5.74, 6) is 0. The molecule has 0 aliphatic heterocycles. The monoisotopic (exact) mass is 239 g/mol. The van der Waals surface area contributed by atoms with Crippen LogP contribution in [0.15, 0.2) is 18.2 Å². The highest BCUT2D eigenvalue weighted by Gasteiger charge is 2.14. The number of carbonyl (C=O) groups excluding carboxylic acids is 1. The van der Waals surface area contributed by atoms with Crippen molar-refractivity contribution in [3.05, 3.63) is 33.9 Å². The van der Waals surface area contributed by atoms with Crippen molar-refractivity contribution in [2.24, 2.45) is 0 Å². The number of rotatable bonds is 4. The average Bonchev–Trinajstić information content (AvgIpc) is 2.28. The third kappa shape index (κ3) is 3.42. The van der Waals surface area contributed by atoms with Crippen molar-refractivity contribution in [3.63, 3.8) is 0 Å². The van der Waals surface area contributed by atoms with Gasteiger partial charge in [0.05, 0.1) is 22.8 Å². The first kappa shape index (κ1) is 12.9. The molecule has 0 heterocycles. The second-order valence-corrected chi connectivity index (χ2v) is 3.31. The minimum atomic E-state index is -0.511. The molecule has 0 saturated heterocycles. The lowest BCUT2D eigenvalue weighted by Gasteiger charge is -2.09. The molecule has 7 nitrogen and oxygen atoms in total. The van der Waals surface area contributed by atoms with Crippen molar-refractivity contribution in [3.8, 4) is 0 Å². The molecule has 1 aromatic carbocycles. The topological polar surface area (TPSA) is 104 Å². The van der Waals surface area contributed by atoms with Gasteiger partial charge < -0.3 is 15.7 Å². The molecule has 17 heavy (non-hydrogen) atoms. The van der Waals surface area contributed by atoms with Crippen LogP contribution >= 0.6 is 0 Å². The van der Waals surface area contributed by atoms with E-state index in [1.807, 2.05) is 0 Å². The summed E-state index contributed by atoms with van der Waals surface area (Å²) in [6, 6.07) is 3.92. The molecule has 0 spiro atoms. The quantitative estimate of drug-likeness (QED) is 0.538. The predicted octanol–water partition coefficient (Wildman–Crippen LogP) is 1.02. The minimum Gasteiger partial charge on any atom is -0.395 e. The van der Waals surface area contributed by atoms with E-state index >= 15 is 0 Å². The fourth-order valence-corrected chi connectivity index (χ4v) is 1.29. The second-order valence-electron chi connectivity index (χ2n) is 3.31. The summed E-state index contributed by atoms with van der Waals surface area (Å²) in [6.07, 6.45) is 0. The number of aliphatic hydroxyl groups excluding tert-OH is 1. The Labute approximate surface area is 97.6 Å². The van der Waals surface area contributed by atoms with Crippen LogP contribution in [0.25, 0.3) is 0 Å². The standard InChI is InChI=1S/C10H13N3O4/c1-7-8(12-10(15)11-5-6-14)3-2-4-9(7)13(16)17/h2-4,14H,5-6H2,1H3,(H2,11,12,15). The van der Waals surface area contributed by atoms with E-state index in [9.17, 15) is 14.9 Å². The number of nitro groups is 1. The fraction of sp³-hybridized carbons (Fsp3) is 0.300. The number of hydrogen-bond donors (Lipinski definition) is 3. The van der Waals surface area contributed by atoms with Gasteiger partial charge >= 0.3 is 6.03 Å². The first-order valence-corrected chi connectivity index (χ1v) is 4.96. The zero-order valence-electron chi connectivity index (χ0n) is 9.27. The number of amides is 2. The molecule has 0 radical (unpaired) electrons. The molecule has 0 bridgehead atoms. The molecule has 0 aliphatic rings. The van der Waals surface area contributed by atoms with Crippen molar-refractivity contribution in [1.82, 2.24) is 5.32 Å². The Morgan fingerprint density at radius 3 is 2.82 bits per heavy atom. The van der Waals surface area contributed by atoms with Gasteiger partial charge in [0.15, 0.2) is 0 Å². The largest absolute Gasteiger partial charge is 0.395 e. The number of anilines is 1. The number of nitrogens with zero attached hydrogens (tertiary/aromatic N) is 1. The van der Waals surface area contributed by atoms with E-state index in [-0.39, 0.29) is 18.8 Å². The van der Waals surface area contributed by atoms with Crippen LogP contribution in [0.4, 0.5) is 16.2 Å². The molecule has 2 amide bonds. The first-order chi connectivity index (χ1) is 8.06. The van der Waals surface area contributed by atoms with Crippen molar-refractivity contribution in [2.45, 2.75) is 6.92 Å². The third-order valence-corrected chi connectivity index (χ3v) is 2.15. The van der Waals surface area contributed by atoms with E-state index in [0.29, 0.717) is 11.3 Å². The summed E-state index contributed by atoms with van der Waals surface area (Å²) in [5, 5.41) is 24.1. The summed E-state index contributed by atoms with van der Waals surface area (Å²) < 4.78 is 0. The van der Waals surface area contributed by atoms with Gasteiger partial charge in [0.25, 0.3) is 5.69 Å². The number of urea groups is 1. The number of aliphatic hydroxyl groups is 1. The van der Waals surface area contributed by atoms with Gasteiger partial charge in [-0.2, -0.15) is 0 Å². The molecule has 0 aromatic heterocycles. The maximum absolute atomic E-state index is 11.3. The van der Waals surface area contributed by atoms with Gasteiger partial charge in [-0.1, -0.05) is 6.07 Å². The van der Waals surface area contributed by atoms with E-state index in [0.717, 1.165) is 0 Å². The minimum absolute atomic E-state index is 0.0510. The lowest BCUT2D eigenvalue weighted by molar-refractivity contribution is -0.385. The summed E-state index contributed by atoms with van der Waals surface area (Å²) in [4.78, 5) is 21.5. The van der Waals surface area contributed by atoms with Crippen LogP contribution < -0.4 is 10.6 Å². The van der Waals surface area contributed by atoms with Crippen LogP contribution in [0.5, 0.6) is 0 Å². The molecule has 3 N–H and O–H groups in total. The number of nitro benzene ring substituents is 1. The summed E-state index contributed by atoms with van der Waals surface area (Å²) in [7, 11) is 0. The fourth-order valence-electron chi connectivity index (χ4n) is 1.29. The van der Waals surface area contributed by atoms with Crippen LogP contribution in [0.3, 0.4) is 0 Å². The number of nitrogens with one attached hydrogen (secondary N) is 2. The summed E-state index contributed by atoms with van der Waals surface area (Å²) in [5.41, 5.74) is 0.705. The highest BCUT2D eigenvalue weighted by Crippen LogP contribution is 2.24. The molecule has 92 valence electrons. The number of hydrogen-bond acceptors (Lipinski definition) is 4. The summed E-state index contributed by atoms with van der Waals surface area (Å²) >= 11 is 0. The third-order valence-electron chi connectivity index (χ3n) is 2.15. The van der Waals surface area contributed by atoms with Crippen LogP contribution in [-0.4, -0.2) is 29.2 Å².